The predicted octanol–water partition coefficient (Wildman–Crippen LogP) is 4.44. The van der Waals surface area contributed by atoms with Gasteiger partial charge in [-0.2, -0.15) is 0 Å². The molecule has 21 heavy (non-hydrogen) atoms. The first-order valence-electron chi connectivity index (χ1n) is 5.89. The molecule has 3 nitrogen and oxygen atoms in total. The second-order valence-electron chi connectivity index (χ2n) is 4.12. The molecule has 0 aliphatic heterocycles. The van der Waals surface area contributed by atoms with Crippen molar-refractivity contribution in [2.75, 3.05) is 14.2 Å². The minimum Gasteiger partial charge on any atom is -0.495 e. The molecule has 2 aromatic rings. The highest BCUT2D eigenvalue weighted by Gasteiger charge is 2.21. The van der Waals surface area contributed by atoms with Crippen LogP contribution in [-0.2, 0) is 0 Å². The molecule has 0 amide bonds. The van der Waals surface area contributed by atoms with Gasteiger partial charge in [-0.3, -0.25) is 4.79 Å². The fourth-order valence-corrected chi connectivity index (χ4v) is 3.28. The lowest BCUT2D eigenvalue weighted by molar-refractivity contribution is 0.103. The van der Waals surface area contributed by atoms with E-state index in [9.17, 15) is 9.18 Å². The van der Waals surface area contributed by atoms with Crippen molar-refractivity contribution in [2.45, 2.75) is 0 Å². The van der Waals surface area contributed by atoms with Crippen molar-refractivity contribution in [2.24, 2.45) is 0 Å². The Balaban J connectivity index is 2.55. The summed E-state index contributed by atoms with van der Waals surface area (Å²) in [4.78, 5) is 12.6. The van der Waals surface area contributed by atoms with E-state index < -0.39 is 0 Å². The highest BCUT2D eigenvalue weighted by molar-refractivity contribution is 14.1. The topological polar surface area (TPSA) is 35.5 Å². The van der Waals surface area contributed by atoms with Gasteiger partial charge in [0.05, 0.1) is 19.8 Å². The number of methoxy groups -OCH3 is 2. The molecule has 0 spiro atoms. The lowest BCUT2D eigenvalue weighted by atomic mass is 10.0. The van der Waals surface area contributed by atoms with E-state index >= 15 is 0 Å². The number of halogens is 3. The first-order valence-corrected chi connectivity index (χ1v) is 7.77. The van der Waals surface area contributed by atoms with E-state index in [1.54, 1.807) is 12.1 Å². The lowest BCUT2D eigenvalue weighted by Gasteiger charge is -2.13. The van der Waals surface area contributed by atoms with Crippen LogP contribution in [0.15, 0.2) is 34.8 Å². The van der Waals surface area contributed by atoms with E-state index in [0.29, 0.717) is 30.7 Å². The molecule has 0 atom stereocenters. The first kappa shape index (κ1) is 16.2. The highest BCUT2D eigenvalue weighted by Crippen LogP contribution is 2.38. The first-order chi connectivity index (χ1) is 9.99. The van der Waals surface area contributed by atoms with E-state index in [0.717, 1.165) is 0 Å². The van der Waals surface area contributed by atoms with E-state index in [1.807, 2.05) is 22.6 Å². The van der Waals surface area contributed by atoms with Gasteiger partial charge in [-0.15, -0.1) is 0 Å². The highest BCUT2D eigenvalue weighted by atomic mass is 127. The molecule has 0 fully saturated rings. The van der Waals surface area contributed by atoms with Gasteiger partial charge in [0.1, 0.15) is 21.8 Å². The van der Waals surface area contributed by atoms with Crippen LogP contribution in [0, 0.1) is 9.39 Å². The number of benzene rings is 2. The van der Waals surface area contributed by atoms with Crippen molar-refractivity contribution in [3.63, 3.8) is 0 Å². The summed E-state index contributed by atoms with van der Waals surface area (Å²) in [7, 11) is 3.01. The number of ketones is 1. The fourth-order valence-electron chi connectivity index (χ4n) is 1.89. The number of carbonyl (C=O) groups is 1. The van der Waals surface area contributed by atoms with Gasteiger partial charge in [0.2, 0.25) is 0 Å². The molecule has 110 valence electrons. The summed E-state index contributed by atoms with van der Waals surface area (Å²) in [5.41, 5.74) is 0.807. The summed E-state index contributed by atoms with van der Waals surface area (Å²) in [6.07, 6.45) is 0. The molecule has 0 saturated carbocycles. The number of carbonyl (C=O) groups excluding carboxylic acids is 1. The third kappa shape index (κ3) is 3.21. The fraction of sp³-hybridized carbons (Fsp3) is 0.133. The van der Waals surface area contributed by atoms with Crippen LogP contribution >= 0.6 is 38.5 Å². The molecule has 0 heterocycles. The van der Waals surface area contributed by atoms with Crippen LogP contribution in [-0.4, -0.2) is 20.0 Å². The summed E-state index contributed by atoms with van der Waals surface area (Å²) < 4.78 is 24.7. The quantitative estimate of drug-likeness (QED) is 0.495. The van der Waals surface area contributed by atoms with Gasteiger partial charge in [-0.05, 0) is 68.9 Å². The number of hydrogen-bond donors (Lipinski definition) is 0. The predicted molar refractivity (Wildman–Crippen MR) is 89.8 cm³/mol. The minimum atomic E-state index is -0.376. The third-order valence-corrected chi connectivity index (χ3v) is 4.55. The summed E-state index contributed by atoms with van der Waals surface area (Å²) in [5.74, 6) is 0.343. The van der Waals surface area contributed by atoms with E-state index in [-0.39, 0.29) is 11.6 Å². The SMILES string of the molecule is COc1ccc(C(=O)c2ccc(F)cc2I)c(OC)c1Br. The number of ether oxygens (including phenoxy) is 2. The van der Waals surface area contributed by atoms with Crippen molar-refractivity contribution in [1.82, 2.24) is 0 Å². The summed E-state index contributed by atoms with van der Waals surface area (Å²) in [6.45, 7) is 0. The third-order valence-electron chi connectivity index (χ3n) is 2.91. The maximum atomic E-state index is 13.2. The molecular formula is C15H11BrFIO3. The molecule has 2 aromatic carbocycles. The van der Waals surface area contributed by atoms with Gasteiger partial charge in [0, 0.05) is 9.13 Å². The van der Waals surface area contributed by atoms with E-state index in [2.05, 4.69) is 15.9 Å². The van der Waals surface area contributed by atoms with Gasteiger partial charge < -0.3 is 9.47 Å². The monoisotopic (exact) mass is 464 g/mol. The summed E-state index contributed by atoms with van der Waals surface area (Å²) in [5, 5.41) is 0. The molecule has 0 N–H and O–H groups in total. The zero-order valence-electron chi connectivity index (χ0n) is 11.2. The molecule has 0 aromatic heterocycles. The van der Waals surface area contributed by atoms with E-state index in [4.69, 9.17) is 9.47 Å². The van der Waals surface area contributed by atoms with Gasteiger partial charge in [0.25, 0.3) is 0 Å². The summed E-state index contributed by atoms with van der Waals surface area (Å²) >= 11 is 5.30. The normalized spacial score (nSPS) is 10.3. The minimum absolute atomic E-state index is 0.236. The average Bonchev–Trinajstić information content (AvgIpc) is 2.46. The van der Waals surface area contributed by atoms with Crippen LogP contribution in [0.4, 0.5) is 4.39 Å². The van der Waals surface area contributed by atoms with E-state index in [1.165, 1.54) is 32.4 Å². The Bertz CT molecular complexity index is 704. The van der Waals surface area contributed by atoms with Crippen LogP contribution in [0.5, 0.6) is 11.5 Å². The number of rotatable bonds is 4. The Morgan fingerprint density at radius 3 is 2.38 bits per heavy atom. The average molecular weight is 465 g/mol. The Kier molecular flexibility index (Phi) is 5.21. The largest absolute Gasteiger partial charge is 0.495 e. The molecule has 0 aliphatic carbocycles. The van der Waals surface area contributed by atoms with Gasteiger partial charge in [-0.1, -0.05) is 0 Å². The van der Waals surface area contributed by atoms with Crippen molar-refractivity contribution >= 4 is 44.3 Å². The molecule has 0 unspecified atom stereocenters. The van der Waals surface area contributed by atoms with Gasteiger partial charge >= 0.3 is 0 Å². The van der Waals surface area contributed by atoms with Crippen molar-refractivity contribution in [1.29, 1.82) is 0 Å². The van der Waals surface area contributed by atoms with Gasteiger partial charge in [0.15, 0.2) is 5.78 Å². The molecule has 0 bridgehead atoms. The molecule has 2 rings (SSSR count). The Morgan fingerprint density at radius 1 is 1.14 bits per heavy atom. The van der Waals surface area contributed by atoms with Crippen molar-refractivity contribution < 1.29 is 18.7 Å². The lowest BCUT2D eigenvalue weighted by Crippen LogP contribution is -2.07. The molecule has 0 radical (unpaired) electrons. The molecule has 0 saturated heterocycles. The van der Waals surface area contributed by atoms with Crippen molar-refractivity contribution in [3.8, 4) is 11.5 Å². The Hall–Kier alpha value is -1.15. The van der Waals surface area contributed by atoms with Crippen LogP contribution in [0.25, 0.3) is 0 Å². The van der Waals surface area contributed by atoms with Crippen LogP contribution in [0.1, 0.15) is 15.9 Å². The Morgan fingerprint density at radius 2 is 1.81 bits per heavy atom. The zero-order valence-corrected chi connectivity index (χ0v) is 15.0. The maximum absolute atomic E-state index is 13.2. The van der Waals surface area contributed by atoms with Crippen LogP contribution in [0.3, 0.4) is 0 Å². The summed E-state index contributed by atoms with van der Waals surface area (Å²) in [6, 6.07) is 7.36. The standard InChI is InChI=1S/C15H11BrFIO3/c1-20-12-6-5-10(15(21-2)13(12)16)14(19)9-4-3-8(17)7-11(9)18/h3-7H,1-2H3. The second kappa shape index (κ2) is 6.74. The zero-order chi connectivity index (χ0) is 15.6. The second-order valence-corrected chi connectivity index (χ2v) is 6.07. The molecule has 0 aliphatic rings. The van der Waals surface area contributed by atoms with Crippen molar-refractivity contribution in [3.05, 3.63) is 55.3 Å². The Labute approximate surface area is 143 Å². The maximum Gasteiger partial charge on any atom is 0.197 e. The van der Waals surface area contributed by atoms with Gasteiger partial charge in [-0.25, -0.2) is 4.39 Å². The smallest absolute Gasteiger partial charge is 0.197 e. The molecule has 6 heteroatoms. The number of hydrogen-bond acceptors (Lipinski definition) is 3. The molecular weight excluding hydrogens is 454 g/mol. The van der Waals surface area contributed by atoms with Crippen LogP contribution in [0.2, 0.25) is 0 Å². The van der Waals surface area contributed by atoms with Crippen LogP contribution < -0.4 is 9.47 Å².